The third-order valence-corrected chi connectivity index (χ3v) is 3.34. The molecule has 25 heavy (non-hydrogen) atoms. The molecule has 0 spiro atoms. The van der Waals surface area contributed by atoms with Crippen LogP contribution in [0.25, 0.3) is 11.4 Å². The zero-order chi connectivity index (χ0) is 17.6. The number of aromatic nitrogens is 3. The van der Waals surface area contributed by atoms with Gasteiger partial charge in [0.1, 0.15) is 18.2 Å². The number of halogens is 2. The minimum Gasteiger partial charge on any atom is -0.492 e. The zero-order valence-corrected chi connectivity index (χ0v) is 13.5. The first kappa shape index (κ1) is 16.8. The average molecular weight is 342 g/mol. The fourth-order valence-electron chi connectivity index (χ4n) is 2.20. The molecule has 0 saturated carbocycles. The van der Waals surface area contributed by atoms with Crippen LogP contribution in [0.4, 0.5) is 14.6 Å². The maximum atomic E-state index is 13.1. The molecule has 2 heterocycles. The lowest BCUT2D eigenvalue weighted by molar-refractivity contribution is 0.329. The van der Waals surface area contributed by atoms with E-state index in [2.05, 4.69) is 20.3 Å². The number of nitrogens with one attached hydrogen (secondary N) is 1. The minimum atomic E-state index is -0.932. The fraction of sp³-hybridized carbons (Fsp3) is 0.167. The van der Waals surface area contributed by atoms with Gasteiger partial charge in [-0.1, -0.05) is 0 Å². The Labute approximate surface area is 143 Å². The SMILES string of the molecule is Cc1cc(NCCOc2ccc(F)c(F)c2)nc(-c2cccnc2)n1. The molecule has 0 atom stereocenters. The monoisotopic (exact) mass is 342 g/mol. The van der Waals surface area contributed by atoms with Crippen LogP contribution < -0.4 is 10.1 Å². The third kappa shape index (κ3) is 4.47. The van der Waals surface area contributed by atoms with Crippen molar-refractivity contribution >= 4 is 5.82 Å². The van der Waals surface area contributed by atoms with Gasteiger partial charge in [-0.25, -0.2) is 18.7 Å². The molecule has 5 nitrogen and oxygen atoms in total. The summed E-state index contributed by atoms with van der Waals surface area (Å²) in [5, 5.41) is 3.13. The van der Waals surface area contributed by atoms with Crippen LogP contribution in [0.2, 0.25) is 0 Å². The van der Waals surface area contributed by atoms with Gasteiger partial charge >= 0.3 is 0 Å². The predicted molar refractivity (Wildman–Crippen MR) is 90.3 cm³/mol. The van der Waals surface area contributed by atoms with Crippen molar-refractivity contribution in [1.29, 1.82) is 0 Å². The topological polar surface area (TPSA) is 59.9 Å². The summed E-state index contributed by atoms with van der Waals surface area (Å²) >= 11 is 0. The van der Waals surface area contributed by atoms with Crippen molar-refractivity contribution in [2.24, 2.45) is 0 Å². The second-order valence-electron chi connectivity index (χ2n) is 5.31. The van der Waals surface area contributed by atoms with Gasteiger partial charge in [0.05, 0.1) is 6.54 Å². The Kier molecular flexibility index (Phi) is 5.13. The van der Waals surface area contributed by atoms with E-state index >= 15 is 0 Å². The summed E-state index contributed by atoms with van der Waals surface area (Å²) in [6.07, 6.45) is 3.39. The second kappa shape index (κ2) is 7.65. The fourth-order valence-corrected chi connectivity index (χ4v) is 2.20. The van der Waals surface area contributed by atoms with Crippen molar-refractivity contribution < 1.29 is 13.5 Å². The number of hydrogen-bond donors (Lipinski definition) is 1. The van der Waals surface area contributed by atoms with Gasteiger partial charge in [0.15, 0.2) is 17.5 Å². The first-order chi connectivity index (χ1) is 12.1. The lowest BCUT2D eigenvalue weighted by Crippen LogP contribution is -2.13. The molecule has 0 aliphatic heterocycles. The molecule has 1 N–H and O–H groups in total. The van der Waals surface area contributed by atoms with Gasteiger partial charge in [-0.15, -0.1) is 0 Å². The Morgan fingerprint density at radius 3 is 2.72 bits per heavy atom. The second-order valence-corrected chi connectivity index (χ2v) is 5.31. The van der Waals surface area contributed by atoms with Gasteiger partial charge in [0.2, 0.25) is 0 Å². The Bertz CT molecular complexity index is 859. The van der Waals surface area contributed by atoms with Gasteiger partial charge in [-0.3, -0.25) is 4.98 Å². The Morgan fingerprint density at radius 2 is 1.96 bits per heavy atom. The molecule has 0 aliphatic rings. The smallest absolute Gasteiger partial charge is 0.163 e. The summed E-state index contributed by atoms with van der Waals surface area (Å²) in [5.41, 5.74) is 1.64. The summed E-state index contributed by atoms with van der Waals surface area (Å²) in [5.74, 6) is -0.323. The number of ether oxygens (including phenoxy) is 1. The molecular weight excluding hydrogens is 326 g/mol. The van der Waals surface area contributed by atoms with E-state index < -0.39 is 11.6 Å². The number of pyridine rings is 1. The molecule has 3 rings (SSSR count). The molecule has 1 aromatic carbocycles. The van der Waals surface area contributed by atoms with E-state index in [0.717, 1.165) is 23.4 Å². The van der Waals surface area contributed by atoms with Crippen molar-refractivity contribution in [3.05, 3.63) is 66.1 Å². The van der Waals surface area contributed by atoms with E-state index in [1.54, 1.807) is 12.4 Å². The van der Waals surface area contributed by atoms with Crippen LogP contribution in [-0.4, -0.2) is 28.1 Å². The van der Waals surface area contributed by atoms with Crippen LogP contribution in [0.1, 0.15) is 5.69 Å². The third-order valence-electron chi connectivity index (χ3n) is 3.34. The summed E-state index contributed by atoms with van der Waals surface area (Å²) < 4.78 is 31.4. The zero-order valence-electron chi connectivity index (χ0n) is 13.5. The highest BCUT2D eigenvalue weighted by atomic mass is 19.2. The lowest BCUT2D eigenvalue weighted by atomic mass is 10.2. The van der Waals surface area contributed by atoms with Gasteiger partial charge in [0, 0.05) is 35.8 Å². The summed E-state index contributed by atoms with van der Waals surface area (Å²) in [7, 11) is 0. The molecule has 128 valence electrons. The van der Waals surface area contributed by atoms with E-state index in [1.807, 2.05) is 25.1 Å². The van der Waals surface area contributed by atoms with Crippen LogP contribution in [0, 0.1) is 18.6 Å². The van der Waals surface area contributed by atoms with Crippen LogP contribution in [0.15, 0.2) is 48.8 Å². The predicted octanol–water partition coefficient (Wildman–Crippen LogP) is 3.62. The molecule has 0 unspecified atom stereocenters. The molecule has 7 heteroatoms. The van der Waals surface area contributed by atoms with Crippen LogP contribution in [0.3, 0.4) is 0 Å². The largest absolute Gasteiger partial charge is 0.492 e. The van der Waals surface area contributed by atoms with Gasteiger partial charge in [-0.2, -0.15) is 0 Å². The number of aryl methyl sites for hydroxylation is 1. The molecule has 0 aliphatic carbocycles. The highest BCUT2D eigenvalue weighted by molar-refractivity contribution is 5.56. The Morgan fingerprint density at radius 1 is 1.08 bits per heavy atom. The number of benzene rings is 1. The number of hydrogen-bond acceptors (Lipinski definition) is 5. The number of rotatable bonds is 6. The van der Waals surface area contributed by atoms with Crippen molar-refractivity contribution in [1.82, 2.24) is 15.0 Å². The van der Waals surface area contributed by atoms with Gasteiger partial charge < -0.3 is 10.1 Å². The van der Waals surface area contributed by atoms with Crippen LogP contribution >= 0.6 is 0 Å². The average Bonchev–Trinajstić information content (AvgIpc) is 2.62. The molecule has 3 aromatic rings. The maximum absolute atomic E-state index is 13.1. The van der Waals surface area contributed by atoms with Crippen LogP contribution in [-0.2, 0) is 0 Å². The molecule has 0 bridgehead atoms. The van der Waals surface area contributed by atoms with E-state index in [9.17, 15) is 8.78 Å². The van der Waals surface area contributed by atoms with E-state index in [1.165, 1.54) is 6.07 Å². The molecule has 0 radical (unpaired) electrons. The number of nitrogens with zero attached hydrogens (tertiary/aromatic N) is 3. The van der Waals surface area contributed by atoms with E-state index in [4.69, 9.17) is 4.74 Å². The van der Waals surface area contributed by atoms with Gasteiger partial charge in [0.25, 0.3) is 0 Å². The van der Waals surface area contributed by atoms with Crippen molar-refractivity contribution in [3.8, 4) is 17.1 Å². The molecule has 0 amide bonds. The molecule has 2 aromatic heterocycles. The van der Waals surface area contributed by atoms with E-state index in [0.29, 0.717) is 18.2 Å². The number of anilines is 1. The highest BCUT2D eigenvalue weighted by Crippen LogP contribution is 2.17. The first-order valence-corrected chi connectivity index (χ1v) is 7.69. The lowest BCUT2D eigenvalue weighted by Gasteiger charge is -2.10. The normalized spacial score (nSPS) is 10.5. The van der Waals surface area contributed by atoms with Crippen LogP contribution in [0.5, 0.6) is 5.75 Å². The van der Waals surface area contributed by atoms with Crippen molar-refractivity contribution in [2.45, 2.75) is 6.92 Å². The molecule has 0 saturated heterocycles. The van der Waals surface area contributed by atoms with Crippen molar-refractivity contribution in [2.75, 3.05) is 18.5 Å². The Hall–Kier alpha value is -3.09. The standard InChI is InChI=1S/C18H16F2N4O/c1-12-9-17(24-18(23-12)13-3-2-6-21-11-13)22-7-8-25-14-4-5-15(19)16(20)10-14/h2-6,9-11H,7-8H2,1H3,(H,22,23,24). The summed E-state index contributed by atoms with van der Waals surface area (Å²) in [6, 6.07) is 8.96. The van der Waals surface area contributed by atoms with Gasteiger partial charge in [-0.05, 0) is 31.2 Å². The molecular formula is C18H16F2N4O. The van der Waals surface area contributed by atoms with Crippen molar-refractivity contribution in [3.63, 3.8) is 0 Å². The minimum absolute atomic E-state index is 0.274. The Balaban J connectivity index is 1.59. The molecule has 0 fully saturated rings. The van der Waals surface area contributed by atoms with E-state index in [-0.39, 0.29) is 12.4 Å². The summed E-state index contributed by atoms with van der Waals surface area (Å²) in [6.45, 7) is 2.60. The first-order valence-electron chi connectivity index (χ1n) is 7.69. The maximum Gasteiger partial charge on any atom is 0.163 e. The highest BCUT2D eigenvalue weighted by Gasteiger charge is 2.06. The quantitative estimate of drug-likeness (QED) is 0.694. The summed E-state index contributed by atoms with van der Waals surface area (Å²) in [4.78, 5) is 12.9.